The van der Waals surface area contributed by atoms with Crippen LogP contribution in [0.3, 0.4) is 0 Å². The highest BCUT2D eigenvalue weighted by Crippen LogP contribution is 2.21. The normalized spacial score (nSPS) is 23.0. The average molecular weight is 265 g/mol. The maximum atomic E-state index is 12.2. The number of nitrogens with one attached hydrogen (secondary N) is 1. The first-order chi connectivity index (χ1) is 9.10. The van der Waals surface area contributed by atoms with Crippen molar-refractivity contribution in [3.63, 3.8) is 0 Å². The van der Waals surface area contributed by atoms with Gasteiger partial charge in [0.15, 0.2) is 0 Å². The number of carbonyl (C=O) groups is 1. The summed E-state index contributed by atoms with van der Waals surface area (Å²) in [5.41, 5.74) is 0.571. The first-order valence-electron chi connectivity index (χ1n) is 6.30. The minimum atomic E-state index is -0.159. The van der Waals surface area contributed by atoms with Crippen LogP contribution in [0, 0.1) is 0 Å². The smallest absolute Gasteiger partial charge is 0.322 e. The number of nitrogens with zero attached hydrogens (tertiary/aromatic N) is 2. The third kappa shape index (κ3) is 3.35. The number of urea groups is 1. The molecular formula is C13H19N3O3. The maximum absolute atomic E-state index is 12.2. The average Bonchev–Trinajstić information content (AvgIpc) is 2.38. The van der Waals surface area contributed by atoms with Crippen molar-refractivity contribution in [1.82, 2.24) is 9.88 Å². The van der Waals surface area contributed by atoms with E-state index >= 15 is 0 Å². The number of pyridine rings is 1. The van der Waals surface area contributed by atoms with Gasteiger partial charge >= 0.3 is 6.03 Å². The summed E-state index contributed by atoms with van der Waals surface area (Å²) in [7, 11) is 1.52. The highest BCUT2D eigenvalue weighted by molar-refractivity contribution is 5.90. The van der Waals surface area contributed by atoms with Crippen LogP contribution in [-0.4, -0.2) is 48.3 Å². The zero-order chi connectivity index (χ0) is 13.8. The lowest BCUT2D eigenvalue weighted by Gasteiger charge is -2.35. The van der Waals surface area contributed by atoms with Gasteiger partial charge in [-0.1, -0.05) is 0 Å². The number of amides is 2. The predicted octanol–water partition coefficient (Wildman–Crippen LogP) is 1.73. The van der Waals surface area contributed by atoms with Gasteiger partial charge in [-0.15, -0.1) is 0 Å². The second-order valence-corrected chi connectivity index (χ2v) is 4.65. The Bertz CT molecular complexity index is 443. The summed E-state index contributed by atoms with van der Waals surface area (Å²) < 4.78 is 10.7. The van der Waals surface area contributed by atoms with Gasteiger partial charge in [-0.2, -0.15) is 0 Å². The van der Waals surface area contributed by atoms with Gasteiger partial charge in [0.25, 0.3) is 0 Å². The molecule has 0 unspecified atom stereocenters. The monoisotopic (exact) mass is 265 g/mol. The molecule has 2 rings (SSSR count). The fraction of sp³-hybridized carbons (Fsp3) is 0.538. The van der Waals surface area contributed by atoms with E-state index in [1.165, 1.54) is 7.11 Å². The molecule has 0 aromatic carbocycles. The highest BCUT2D eigenvalue weighted by atomic mass is 16.5. The number of morpholine rings is 1. The number of anilines is 1. The van der Waals surface area contributed by atoms with Crippen LogP contribution in [0.5, 0.6) is 5.88 Å². The van der Waals surface area contributed by atoms with Gasteiger partial charge in [0.05, 0.1) is 19.3 Å². The van der Waals surface area contributed by atoms with Crippen molar-refractivity contribution in [3.05, 3.63) is 18.3 Å². The van der Waals surface area contributed by atoms with Crippen LogP contribution in [0.1, 0.15) is 13.8 Å². The van der Waals surface area contributed by atoms with Gasteiger partial charge in [0.1, 0.15) is 5.69 Å². The Labute approximate surface area is 112 Å². The number of rotatable bonds is 2. The molecule has 6 nitrogen and oxygen atoms in total. The number of hydrogen-bond donors (Lipinski definition) is 1. The van der Waals surface area contributed by atoms with E-state index in [0.29, 0.717) is 24.7 Å². The number of aromatic nitrogens is 1. The maximum Gasteiger partial charge on any atom is 0.322 e. The van der Waals surface area contributed by atoms with Crippen molar-refractivity contribution in [1.29, 1.82) is 0 Å². The van der Waals surface area contributed by atoms with E-state index in [-0.39, 0.29) is 18.2 Å². The molecule has 2 heterocycles. The molecule has 0 spiro atoms. The largest absolute Gasteiger partial charge is 0.480 e. The Morgan fingerprint density at radius 2 is 2.16 bits per heavy atom. The Hall–Kier alpha value is -1.82. The Morgan fingerprint density at radius 3 is 2.79 bits per heavy atom. The molecule has 1 fully saturated rings. The summed E-state index contributed by atoms with van der Waals surface area (Å²) in [6.07, 6.45) is 1.71. The number of carbonyl (C=O) groups excluding carboxylic acids is 1. The first kappa shape index (κ1) is 13.6. The van der Waals surface area contributed by atoms with Crippen LogP contribution >= 0.6 is 0 Å². The van der Waals surface area contributed by atoms with E-state index < -0.39 is 0 Å². The molecule has 1 aliphatic rings. The zero-order valence-electron chi connectivity index (χ0n) is 11.4. The number of methoxy groups -OCH3 is 1. The van der Waals surface area contributed by atoms with Crippen LogP contribution < -0.4 is 10.1 Å². The van der Waals surface area contributed by atoms with Gasteiger partial charge in [-0.25, -0.2) is 9.78 Å². The van der Waals surface area contributed by atoms with Crippen molar-refractivity contribution in [2.45, 2.75) is 26.1 Å². The van der Waals surface area contributed by atoms with E-state index in [1.807, 2.05) is 13.8 Å². The highest BCUT2D eigenvalue weighted by Gasteiger charge is 2.26. The third-order valence-electron chi connectivity index (χ3n) is 2.91. The van der Waals surface area contributed by atoms with E-state index in [1.54, 1.807) is 23.2 Å². The molecule has 6 heteroatoms. The number of ether oxygens (including phenoxy) is 2. The third-order valence-corrected chi connectivity index (χ3v) is 2.91. The predicted molar refractivity (Wildman–Crippen MR) is 71.4 cm³/mol. The number of hydrogen-bond acceptors (Lipinski definition) is 4. The molecule has 1 aliphatic heterocycles. The first-order valence-corrected chi connectivity index (χ1v) is 6.30. The van der Waals surface area contributed by atoms with Crippen LogP contribution in [0.2, 0.25) is 0 Å². The Balaban J connectivity index is 2.04. The van der Waals surface area contributed by atoms with E-state index in [9.17, 15) is 4.79 Å². The lowest BCUT2D eigenvalue weighted by atomic mass is 10.2. The molecule has 19 heavy (non-hydrogen) atoms. The molecule has 1 N–H and O–H groups in total. The zero-order valence-corrected chi connectivity index (χ0v) is 11.4. The van der Waals surface area contributed by atoms with Crippen LogP contribution in [0.4, 0.5) is 10.5 Å². The van der Waals surface area contributed by atoms with Gasteiger partial charge in [0.2, 0.25) is 5.88 Å². The van der Waals surface area contributed by atoms with Gasteiger partial charge in [-0.05, 0) is 26.0 Å². The molecule has 2 amide bonds. The van der Waals surface area contributed by atoms with Crippen molar-refractivity contribution in [3.8, 4) is 5.88 Å². The summed E-state index contributed by atoms with van der Waals surface area (Å²) in [4.78, 5) is 18.0. The minimum Gasteiger partial charge on any atom is -0.480 e. The molecule has 0 radical (unpaired) electrons. The standard InChI is InChI=1S/C13H19N3O3/c1-9-7-16(8-10(2)19-9)13(17)15-11-5-4-6-14-12(11)18-3/h4-6,9-10H,7-8H2,1-3H3,(H,15,17)/t9-,10+. The van der Waals surface area contributed by atoms with Crippen LogP contribution in [-0.2, 0) is 4.74 Å². The summed E-state index contributed by atoms with van der Waals surface area (Å²) >= 11 is 0. The van der Waals surface area contributed by atoms with E-state index in [2.05, 4.69) is 10.3 Å². The molecule has 0 bridgehead atoms. The quantitative estimate of drug-likeness (QED) is 0.884. The second kappa shape index (κ2) is 5.88. The van der Waals surface area contributed by atoms with Gasteiger partial charge in [-0.3, -0.25) is 0 Å². The van der Waals surface area contributed by atoms with Crippen molar-refractivity contribution in [2.75, 3.05) is 25.5 Å². The van der Waals surface area contributed by atoms with Crippen LogP contribution in [0.25, 0.3) is 0 Å². The lowest BCUT2D eigenvalue weighted by Crippen LogP contribution is -2.49. The van der Waals surface area contributed by atoms with Crippen molar-refractivity contribution >= 4 is 11.7 Å². The summed E-state index contributed by atoms with van der Waals surface area (Å²) in [5.74, 6) is 0.408. The molecular weight excluding hydrogens is 246 g/mol. The molecule has 0 saturated carbocycles. The second-order valence-electron chi connectivity index (χ2n) is 4.65. The Morgan fingerprint density at radius 1 is 1.47 bits per heavy atom. The molecule has 1 aromatic rings. The van der Waals surface area contributed by atoms with Crippen molar-refractivity contribution < 1.29 is 14.3 Å². The summed E-state index contributed by atoms with van der Waals surface area (Å²) in [6.45, 7) is 5.08. The van der Waals surface area contributed by atoms with Gasteiger partial charge < -0.3 is 19.7 Å². The topological polar surface area (TPSA) is 63.7 Å². The van der Waals surface area contributed by atoms with E-state index in [0.717, 1.165) is 0 Å². The molecule has 1 saturated heterocycles. The SMILES string of the molecule is COc1ncccc1NC(=O)N1C[C@@H](C)O[C@@H](C)C1. The summed E-state index contributed by atoms with van der Waals surface area (Å²) in [6, 6.07) is 3.35. The van der Waals surface area contributed by atoms with Gasteiger partial charge in [0, 0.05) is 19.3 Å². The summed E-state index contributed by atoms with van der Waals surface area (Å²) in [5, 5.41) is 2.82. The fourth-order valence-electron chi connectivity index (χ4n) is 2.19. The molecule has 0 aliphatic carbocycles. The lowest BCUT2D eigenvalue weighted by molar-refractivity contribution is -0.0530. The molecule has 1 aromatic heterocycles. The molecule has 104 valence electrons. The van der Waals surface area contributed by atoms with Crippen LogP contribution in [0.15, 0.2) is 18.3 Å². The minimum absolute atomic E-state index is 0.0466. The van der Waals surface area contributed by atoms with E-state index in [4.69, 9.17) is 9.47 Å². The van der Waals surface area contributed by atoms with Crippen molar-refractivity contribution in [2.24, 2.45) is 0 Å². The fourth-order valence-corrected chi connectivity index (χ4v) is 2.19. The Kier molecular flexibility index (Phi) is 4.21. The molecule has 2 atom stereocenters.